The molecule has 0 aliphatic rings. The molecule has 0 fully saturated rings. The molecule has 19 heavy (non-hydrogen) atoms. The summed E-state index contributed by atoms with van der Waals surface area (Å²) in [6.45, 7) is -0.601. The van der Waals surface area contributed by atoms with E-state index in [0.29, 0.717) is 0 Å². The first kappa shape index (κ1) is 18.7. The van der Waals surface area contributed by atoms with Crippen molar-refractivity contribution in [1.82, 2.24) is 0 Å². The molecule has 0 saturated heterocycles. The van der Waals surface area contributed by atoms with Gasteiger partial charge in [0.1, 0.15) is 0 Å². The van der Waals surface area contributed by atoms with Gasteiger partial charge in [-0.25, -0.2) is 4.57 Å². The van der Waals surface area contributed by atoms with E-state index in [1.165, 1.54) is 0 Å². The lowest BCUT2D eigenvalue weighted by atomic mass is 9.95. The van der Waals surface area contributed by atoms with Gasteiger partial charge in [0.15, 0.2) is 0 Å². The van der Waals surface area contributed by atoms with Crippen LogP contribution in [0.15, 0.2) is 0 Å². The molecule has 116 valence electrons. The van der Waals surface area contributed by atoms with Crippen LogP contribution in [0.25, 0.3) is 0 Å². The van der Waals surface area contributed by atoms with Crippen LogP contribution in [0.5, 0.6) is 0 Å². The Bertz CT molecular complexity index is 293. The van der Waals surface area contributed by atoms with Crippen LogP contribution in [0.2, 0.25) is 0 Å². The molecule has 0 radical (unpaired) electrons. The first-order valence-corrected chi connectivity index (χ1v) is 6.65. The second-order valence-corrected chi connectivity index (χ2v) is 5.21. The summed E-state index contributed by atoms with van der Waals surface area (Å²) in [4.78, 5) is 16.6. The molecule has 0 atom stereocenters. The Kier molecular flexibility index (Phi) is 6.80. The third-order valence-corrected chi connectivity index (χ3v) is 2.58. The lowest BCUT2D eigenvalue weighted by Crippen LogP contribution is -2.21. The Morgan fingerprint density at radius 3 is 1.74 bits per heavy atom. The molecule has 0 rings (SSSR count). The minimum absolute atomic E-state index is 0.304. The molecule has 0 aromatic rings. The zero-order chi connectivity index (χ0) is 15.3. The van der Waals surface area contributed by atoms with E-state index in [9.17, 15) is 30.9 Å². The van der Waals surface area contributed by atoms with Crippen molar-refractivity contribution >= 4 is 7.82 Å². The van der Waals surface area contributed by atoms with E-state index in [-0.39, 0.29) is 6.42 Å². The third kappa shape index (κ3) is 13.9. The number of hydrogen-bond acceptors (Lipinski definition) is 2. The maximum Gasteiger partial charge on any atom is 0.469 e. The van der Waals surface area contributed by atoms with E-state index in [2.05, 4.69) is 4.52 Å². The number of hydrogen-bond donors (Lipinski definition) is 2. The van der Waals surface area contributed by atoms with Crippen LogP contribution < -0.4 is 0 Å². The molecule has 0 aromatic heterocycles. The summed E-state index contributed by atoms with van der Waals surface area (Å²) < 4.78 is 86.5. The summed E-state index contributed by atoms with van der Waals surface area (Å²) in [6, 6.07) is 0. The van der Waals surface area contributed by atoms with Gasteiger partial charge in [0.2, 0.25) is 0 Å². The second kappa shape index (κ2) is 6.92. The molecule has 0 aliphatic heterocycles. The quantitative estimate of drug-likeness (QED) is 0.429. The number of alkyl halides is 6. The Labute approximate surface area is 105 Å². The van der Waals surface area contributed by atoms with Gasteiger partial charge in [-0.05, 0) is 18.8 Å². The summed E-state index contributed by atoms with van der Waals surface area (Å²) in [5.41, 5.74) is 0. The normalized spacial score (nSPS) is 14.2. The summed E-state index contributed by atoms with van der Waals surface area (Å²) >= 11 is 0. The molecule has 0 aromatic carbocycles. The predicted molar refractivity (Wildman–Crippen MR) is 52.1 cm³/mol. The summed E-state index contributed by atoms with van der Waals surface area (Å²) in [6.07, 6.45) is -13.4. The molecule has 0 heterocycles. The highest BCUT2D eigenvalue weighted by Gasteiger charge is 2.38. The molecule has 4 nitrogen and oxygen atoms in total. The van der Waals surface area contributed by atoms with E-state index in [0.717, 1.165) is 0 Å². The summed E-state index contributed by atoms with van der Waals surface area (Å²) in [5.74, 6) is -1.68. The van der Waals surface area contributed by atoms with Gasteiger partial charge in [-0.15, -0.1) is 0 Å². The highest BCUT2D eigenvalue weighted by Crippen LogP contribution is 2.38. The smallest absolute Gasteiger partial charge is 0.303 e. The minimum atomic E-state index is -4.75. The Morgan fingerprint density at radius 1 is 1.00 bits per heavy atom. The van der Waals surface area contributed by atoms with E-state index in [1.807, 2.05) is 0 Å². The van der Waals surface area contributed by atoms with Crippen LogP contribution in [-0.4, -0.2) is 28.7 Å². The van der Waals surface area contributed by atoms with Gasteiger partial charge in [-0.1, -0.05) is 0 Å². The van der Waals surface area contributed by atoms with Crippen LogP contribution in [-0.2, 0) is 9.09 Å². The maximum absolute atomic E-state index is 12.1. The van der Waals surface area contributed by atoms with Crippen molar-refractivity contribution < 1.29 is 45.2 Å². The zero-order valence-electron chi connectivity index (χ0n) is 9.54. The number of halogens is 6. The van der Waals surface area contributed by atoms with Crippen LogP contribution >= 0.6 is 7.82 Å². The molecular weight excluding hydrogens is 305 g/mol. The molecule has 0 aliphatic carbocycles. The maximum atomic E-state index is 12.1. The Hall–Kier alpha value is -0.310. The van der Waals surface area contributed by atoms with Crippen molar-refractivity contribution in [2.45, 2.75) is 38.0 Å². The average molecular weight is 318 g/mol. The van der Waals surface area contributed by atoms with E-state index >= 15 is 0 Å². The van der Waals surface area contributed by atoms with E-state index in [1.54, 1.807) is 0 Å². The van der Waals surface area contributed by atoms with Gasteiger partial charge < -0.3 is 9.79 Å². The summed E-state index contributed by atoms with van der Waals surface area (Å²) in [5, 5.41) is 0. The van der Waals surface area contributed by atoms with Gasteiger partial charge in [-0.2, -0.15) is 26.3 Å². The highest BCUT2D eigenvalue weighted by atomic mass is 31.2. The van der Waals surface area contributed by atoms with Crippen molar-refractivity contribution in [2.24, 2.45) is 5.92 Å². The monoisotopic (exact) mass is 318 g/mol. The van der Waals surface area contributed by atoms with Crippen LogP contribution in [0.1, 0.15) is 25.7 Å². The van der Waals surface area contributed by atoms with Crippen LogP contribution in [0.3, 0.4) is 0 Å². The SMILES string of the molecule is O=P(O)(O)OCCCC(CC(F)(F)F)CC(F)(F)F. The molecule has 0 amide bonds. The highest BCUT2D eigenvalue weighted by molar-refractivity contribution is 7.46. The second-order valence-electron chi connectivity index (χ2n) is 3.97. The zero-order valence-corrected chi connectivity index (χ0v) is 10.4. The lowest BCUT2D eigenvalue weighted by molar-refractivity contribution is -0.173. The Balaban J connectivity index is 4.24. The molecule has 0 spiro atoms. The van der Waals surface area contributed by atoms with Crippen LogP contribution in [0.4, 0.5) is 26.3 Å². The minimum Gasteiger partial charge on any atom is -0.303 e. The fraction of sp³-hybridized carbons (Fsp3) is 1.00. The van der Waals surface area contributed by atoms with Crippen molar-refractivity contribution in [3.8, 4) is 0 Å². The molecule has 0 unspecified atom stereocenters. The molecule has 0 saturated carbocycles. The lowest BCUT2D eigenvalue weighted by Gasteiger charge is -2.20. The fourth-order valence-corrected chi connectivity index (χ4v) is 1.85. The van der Waals surface area contributed by atoms with Gasteiger partial charge in [0, 0.05) is 12.8 Å². The van der Waals surface area contributed by atoms with Gasteiger partial charge in [0.25, 0.3) is 0 Å². The van der Waals surface area contributed by atoms with Gasteiger partial charge in [-0.3, -0.25) is 4.52 Å². The fourth-order valence-electron chi connectivity index (χ4n) is 1.49. The first-order valence-electron chi connectivity index (χ1n) is 5.12. The van der Waals surface area contributed by atoms with Crippen molar-refractivity contribution in [3.05, 3.63) is 0 Å². The number of rotatable bonds is 7. The standard InChI is InChI=1S/C8H13F6O4P/c9-7(10,11)4-6(5-8(12,13)14)2-1-3-18-19(15,16)17/h6H,1-5H2,(H2,15,16,17). The number of phosphoric ester groups is 1. The largest absolute Gasteiger partial charge is 0.469 e. The average Bonchev–Trinajstić information content (AvgIpc) is 2.05. The molecular formula is C8H13F6O4P. The van der Waals surface area contributed by atoms with E-state index in [4.69, 9.17) is 9.79 Å². The first-order chi connectivity index (χ1) is 8.29. The van der Waals surface area contributed by atoms with Gasteiger partial charge in [0.05, 0.1) is 6.61 Å². The van der Waals surface area contributed by atoms with Crippen molar-refractivity contribution in [1.29, 1.82) is 0 Å². The number of phosphoric acid groups is 1. The van der Waals surface area contributed by atoms with Crippen molar-refractivity contribution in [3.63, 3.8) is 0 Å². The Morgan fingerprint density at radius 2 is 1.42 bits per heavy atom. The van der Waals surface area contributed by atoms with Crippen molar-refractivity contribution in [2.75, 3.05) is 6.61 Å². The van der Waals surface area contributed by atoms with Gasteiger partial charge >= 0.3 is 20.2 Å². The molecule has 11 heteroatoms. The van der Waals surface area contributed by atoms with Crippen LogP contribution in [0, 0.1) is 5.92 Å². The van der Waals surface area contributed by atoms with E-state index < -0.39 is 52.0 Å². The topological polar surface area (TPSA) is 66.8 Å². The third-order valence-electron chi connectivity index (χ3n) is 2.06. The predicted octanol–water partition coefficient (Wildman–Crippen LogP) is 3.40. The summed E-state index contributed by atoms with van der Waals surface area (Å²) in [7, 11) is -4.75. The molecule has 0 bridgehead atoms. The molecule has 2 N–H and O–H groups in total.